The van der Waals surface area contributed by atoms with E-state index in [1.54, 1.807) is 20.9 Å². The smallest absolute Gasteiger partial charge is 0.315 e. The van der Waals surface area contributed by atoms with Crippen LogP contribution in [0.2, 0.25) is 0 Å². The zero-order valence-corrected chi connectivity index (χ0v) is 14.1. The molecule has 0 aliphatic heterocycles. The maximum Gasteiger partial charge on any atom is 0.396 e. The fourth-order valence-corrected chi connectivity index (χ4v) is 3.91. The Balaban J connectivity index is 2.89. The number of rotatable bonds is 5. The minimum Gasteiger partial charge on any atom is -0.315 e. The molecule has 0 N–H and O–H groups in total. The van der Waals surface area contributed by atoms with Crippen LogP contribution in [-0.2, 0) is 34.8 Å². The Morgan fingerprint density at radius 1 is 1.00 bits per heavy atom. The Morgan fingerprint density at radius 2 is 1.55 bits per heavy atom. The first-order chi connectivity index (χ1) is 10.3. The highest BCUT2D eigenvalue weighted by molar-refractivity contribution is 7.61. The Labute approximate surface area is 126 Å². The highest BCUT2D eigenvalue weighted by Gasteiger charge is 2.34. The van der Waals surface area contributed by atoms with Crippen molar-refractivity contribution in [2.24, 2.45) is 21.1 Å². The molecule has 0 amide bonds. The standard InChI is InChI=1S/C12H19N4O5P/c1-6-20-22(19,21-7-2)11-13-9-8(14(11)3)10(17)16(5)12(18)15(9)4/h6-7H2,1-5H3. The van der Waals surface area contributed by atoms with Crippen LogP contribution in [0.25, 0.3) is 11.2 Å². The second-order valence-corrected chi connectivity index (χ2v) is 6.59. The number of hydrogen-bond donors (Lipinski definition) is 0. The van der Waals surface area contributed by atoms with E-state index in [0.29, 0.717) is 0 Å². The van der Waals surface area contributed by atoms with Crippen LogP contribution in [-0.4, -0.2) is 31.9 Å². The van der Waals surface area contributed by atoms with Crippen molar-refractivity contribution < 1.29 is 13.6 Å². The minimum absolute atomic E-state index is 0.00417. The van der Waals surface area contributed by atoms with Crippen LogP contribution in [0.3, 0.4) is 0 Å². The van der Waals surface area contributed by atoms with Gasteiger partial charge in [-0.3, -0.25) is 18.5 Å². The third-order valence-corrected chi connectivity index (χ3v) is 5.38. The van der Waals surface area contributed by atoms with Crippen molar-refractivity contribution in [1.82, 2.24) is 18.7 Å². The summed E-state index contributed by atoms with van der Waals surface area (Å²) in [4.78, 5) is 28.4. The predicted octanol–water partition coefficient (Wildman–Crippen LogP) is -0.138. The Bertz CT molecular complexity index is 868. The van der Waals surface area contributed by atoms with E-state index in [4.69, 9.17) is 9.05 Å². The Hall–Kier alpha value is -1.70. The van der Waals surface area contributed by atoms with Crippen LogP contribution in [0.1, 0.15) is 13.8 Å². The summed E-state index contributed by atoms with van der Waals surface area (Å²) in [7, 11) is 0.749. The SMILES string of the molecule is CCOP(=O)(OCC)c1nc2c(c(=O)n(C)c(=O)n2C)n1C. The number of fused-ring (bicyclic) bond motifs is 1. The van der Waals surface area contributed by atoms with E-state index in [2.05, 4.69) is 4.98 Å². The van der Waals surface area contributed by atoms with Gasteiger partial charge in [-0.15, -0.1) is 0 Å². The fourth-order valence-electron chi connectivity index (χ4n) is 2.24. The lowest BCUT2D eigenvalue weighted by molar-refractivity contribution is 0.228. The molecule has 0 aromatic carbocycles. The summed E-state index contributed by atoms with van der Waals surface area (Å²) in [6.07, 6.45) is 0. The predicted molar refractivity (Wildman–Crippen MR) is 81.7 cm³/mol. The first-order valence-corrected chi connectivity index (χ1v) is 8.34. The van der Waals surface area contributed by atoms with E-state index in [9.17, 15) is 14.2 Å². The first kappa shape index (κ1) is 16.7. The number of imidazole rings is 1. The molecule has 22 heavy (non-hydrogen) atoms. The van der Waals surface area contributed by atoms with Crippen molar-refractivity contribution in [2.75, 3.05) is 13.2 Å². The average molecular weight is 330 g/mol. The van der Waals surface area contributed by atoms with Gasteiger partial charge in [0.25, 0.3) is 5.56 Å². The van der Waals surface area contributed by atoms with Gasteiger partial charge in [-0.25, -0.2) is 9.78 Å². The largest absolute Gasteiger partial charge is 0.396 e. The number of hydrogen-bond acceptors (Lipinski definition) is 6. The molecule has 0 radical (unpaired) electrons. The molecule has 0 spiro atoms. The van der Waals surface area contributed by atoms with Crippen LogP contribution in [0, 0.1) is 0 Å². The highest BCUT2D eigenvalue weighted by Crippen LogP contribution is 2.46. The van der Waals surface area contributed by atoms with Crippen molar-refractivity contribution in [1.29, 1.82) is 0 Å². The van der Waals surface area contributed by atoms with Crippen LogP contribution < -0.4 is 16.8 Å². The van der Waals surface area contributed by atoms with Crippen LogP contribution in [0.4, 0.5) is 0 Å². The third-order valence-electron chi connectivity index (χ3n) is 3.29. The third kappa shape index (κ3) is 2.35. The van der Waals surface area contributed by atoms with E-state index in [1.807, 2.05) is 0 Å². The maximum atomic E-state index is 12.9. The minimum atomic E-state index is -3.66. The van der Waals surface area contributed by atoms with Crippen molar-refractivity contribution >= 4 is 24.3 Å². The zero-order valence-electron chi connectivity index (χ0n) is 13.2. The van der Waals surface area contributed by atoms with Gasteiger partial charge < -0.3 is 13.6 Å². The lowest BCUT2D eigenvalue weighted by atomic mass is 10.5. The molecule has 0 aliphatic rings. The molecule has 0 atom stereocenters. The second kappa shape index (κ2) is 5.83. The first-order valence-electron chi connectivity index (χ1n) is 6.80. The number of nitrogens with zero attached hydrogens (tertiary/aromatic N) is 4. The topological polar surface area (TPSA) is 97.4 Å². The molecule has 2 aromatic heterocycles. The normalized spacial score (nSPS) is 12.2. The van der Waals surface area contributed by atoms with E-state index in [1.165, 1.54) is 23.2 Å². The Kier molecular flexibility index (Phi) is 4.42. The fraction of sp³-hybridized carbons (Fsp3) is 0.583. The molecular formula is C12H19N4O5P. The molecule has 2 aromatic rings. The van der Waals surface area contributed by atoms with Gasteiger partial charge in [-0.05, 0) is 13.8 Å². The zero-order chi connectivity index (χ0) is 16.7. The Morgan fingerprint density at radius 3 is 2.05 bits per heavy atom. The quantitative estimate of drug-likeness (QED) is 0.708. The highest BCUT2D eigenvalue weighted by atomic mass is 31.2. The van der Waals surface area contributed by atoms with Gasteiger partial charge in [0.2, 0.25) is 5.57 Å². The van der Waals surface area contributed by atoms with Gasteiger partial charge in [0.15, 0.2) is 11.2 Å². The van der Waals surface area contributed by atoms with Gasteiger partial charge in [-0.2, -0.15) is 0 Å². The van der Waals surface area contributed by atoms with Crippen molar-refractivity contribution in [3.8, 4) is 0 Å². The molecule has 0 unspecified atom stereocenters. The van der Waals surface area contributed by atoms with Crippen molar-refractivity contribution in [3.05, 3.63) is 20.8 Å². The summed E-state index contributed by atoms with van der Waals surface area (Å²) in [6.45, 7) is 3.70. The molecule has 0 saturated heterocycles. The van der Waals surface area contributed by atoms with Gasteiger partial charge in [0, 0.05) is 21.1 Å². The van der Waals surface area contributed by atoms with Crippen LogP contribution in [0.5, 0.6) is 0 Å². The number of aryl methyl sites for hydroxylation is 2. The van der Waals surface area contributed by atoms with Crippen LogP contribution >= 0.6 is 7.60 Å². The lowest BCUT2D eigenvalue weighted by Crippen LogP contribution is -2.37. The molecule has 9 nitrogen and oxygen atoms in total. The summed E-state index contributed by atoms with van der Waals surface area (Å²) < 4.78 is 27.0. The molecule has 122 valence electrons. The molecule has 2 rings (SSSR count). The van der Waals surface area contributed by atoms with Gasteiger partial charge in [0.1, 0.15) is 0 Å². The maximum absolute atomic E-state index is 12.9. The second-order valence-electron chi connectivity index (χ2n) is 4.68. The lowest BCUT2D eigenvalue weighted by Gasteiger charge is -2.15. The van der Waals surface area contributed by atoms with Crippen molar-refractivity contribution in [2.45, 2.75) is 13.8 Å². The molecule has 0 aliphatic carbocycles. The van der Waals surface area contributed by atoms with E-state index in [0.717, 1.165) is 4.57 Å². The van der Waals surface area contributed by atoms with Gasteiger partial charge >= 0.3 is 13.3 Å². The summed E-state index contributed by atoms with van der Waals surface area (Å²) in [6, 6.07) is 0. The summed E-state index contributed by atoms with van der Waals surface area (Å²) in [5, 5.41) is 0. The van der Waals surface area contributed by atoms with Gasteiger partial charge in [0.05, 0.1) is 13.2 Å². The molecule has 0 bridgehead atoms. The van der Waals surface area contributed by atoms with E-state index in [-0.39, 0.29) is 29.9 Å². The summed E-state index contributed by atoms with van der Waals surface area (Å²) in [5.41, 5.74) is -0.710. The van der Waals surface area contributed by atoms with E-state index >= 15 is 0 Å². The number of aromatic nitrogens is 4. The molecule has 0 saturated carbocycles. The molecule has 10 heteroatoms. The average Bonchev–Trinajstić information content (AvgIpc) is 2.82. The monoisotopic (exact) mass is 330 g/mol. The molecule has 2 heterocycles. The van der Waals surface area contributed by atoms with Crippen LogP contribution in [0.15, 0.2) is 9.59 Å². The molecule has 0 fully saturated rings. The van der Waals surface area contributed by atoms with Gasteiger partial charge in [-0.1, -0.05) is 0 Å². The van der Waals surface area contributed by atoms with E-state index < -0.39 is 18.8 Å². The molecular weight excluding hydrogens is 311 g/mol. The summed E-state index contributed by atoms with van der Waals surface area (Å²) in [5.74, 6) is 0. The van der Waals surface area contributed by atoms with Crippen molar-refractivity contribution in [3.63, 3.8) is 0 Å². The summed E-state index contributed by atoms with van der Waals surface area (Å²) >= 11 is 0.